The minimum atomic E-state index is -4.29. The van der Waals surface area contributed by atoms with E-state index in [1.165, 1.54) is 25.3 Å². The lowest BCUT2D eigenvalue weighted by atomic mass is 9.97. The highest BCUT2D eigenvalue weighted by Crippen LogP contribution is 2.46. The zero-order chi connectivity index (χ0) is 22.6. The van der Waals surface area contributed by atoms with Crippen molar-refractivity contribution in [3.63, 3.8) is 0 Å². The van der Waals surface area contributed by atoms with Crippen molar-refractivity contribution in [1.29, 1.82) is 0 Å². The number of esters is 2. The highest BCUT2D eigenvalue weighted by Gasteiger charge is 2.58. The third kappa shape index (κ3) is 4.05. The topological polar surface area (TPSA) is 86.7 Å². The first kappa shape index (κ1) is 22.5. The molecule has 0 saturated heterocycles. The Morgan fingerprint density at radius 1 is 1.06 bits per heavy atom. The van der Waals surface area contributed by atoms with E-state index >= 15 is 0 Å². The Kier molecular flexibility index (Phi) is 6.45. The number of methoxy groups -OCH3 is 1. The van der Waals surface area contributed by atoms with Crippen molar-refractivity contribution in [2.75, 3.05) is 13.7 Å². The van der Waals surface area contributed by atoms with E-state index in [0.717, 1.165) is 5.56 Å². The van der Waals surface area contributed by atoms with Gasteiger partial charge < -0.3 is 9.47 Å². The van der Waals surface area contributed by atoms with Gasteiger partial charge in [-0.15, -0.1) is 0 Å². The third-order valence-corrected chi connectivity index (χ3v) is 7.56. The normalized spacial score (nSPS) is 19.7. The number of carbonyl (C=O) groups is 2. The van der Waals surface area contributed by atoms with Gasteiger partial charge in [0.25, 0.3) is 0 Å². The van der Waals surface area contributed by atoms with Crippen LogP contribution in [0, 0.1) is 6.92 Å². The molecule has 0 bridgehead atoms. The van der Waals surface area contributed by atoms with E-state index in [1.807, 2.05) is 13.0 Å². The number of sulfone groups is 1. The Hall–Kier alpha value is -3.19. The summed E-state index contributed by atoms with van der Waals surface area (Å²) in [4.78, 5) is 25.6. The Morgan fingerprint density at radius 2 is 1.71 bits per heavy atom. The summed E-state index contributed by atoms with van der Waals surface area (Å²) in [6.07, 6.45) is 2.65. The molecule has 2 aromatic rings. The van der Waals surface area contributed by atoms with Crippen molar-refractivity contribution in [3.8, 4) is 0 Å². The largest absolute Gasteiger partial charge is 0.466 e. The van der Waals surface area contributed by atoms with Gasteiger partial charge in [-0.2, -0.15) is 0 Å². The van der Waals surface area contributed by atoms with Crippen molar-refractivity contribution < 1.29 is 27.5 Å². The fourth-order valence-corrected chi connectivity index (χ4v) is 5.54. The molecule has 3 rings (SSSR count). The number of benzene rings is 2. The number of allylic oxidation sites excluding steroid dienone is 1. The fourth-order valence-electron chi connectivity index (χ4n) is 3.59. The number of hydrogen-bond acceptors (Lipinski definition) is 6. The average molecular weight is 441 g/mol. The molecule has 0 fully saturated rings. The van der Waals surface area contributed by atoms with E-state index in [2.05, 4.69) is 0 Å². The lowest BCUT2D eigenvalue weighted by Gasteiger charge is -2.29. The first-order valence-electron chi connectivity index (χ1n) is 9.81. The molecule has 7 heteroatoms. The van der Waals surface area contributed by atoms with Gasteiger partial charge in [0, 0.05) is 12.0 Å². The van der Waals surface area contributed by atoms with Crippen LogP contribution in [-0.4, -0.2) is 38.8 Å². The van der Waals surface area contributed by atoms with Crippen LogP contribution in [0.15, 0.2) is 76.7 Å². The SMILES string of the molecule is CCOC(=O)C1(S(=O)(=O)c2ccc(C)cc2)CC(C(=O)OC)=C/C1=C/c1ccccc1. The maximum Gasteiger partial charge on any atom is 0.333 e. The minimum absolute atomic E-state index is 0.00379. The molecule has 1 unspecified atom stereocenters. The van der Waals surface area contributed by atoms with Crippen LogP contribution in [-0.2, 0) is 28.9 Å². The number of carbonyl (C=O) groups excluding carboxylic acids is 2. The molecule has 1 aliphatic carbocycles. The Morgan fingerprint density at radius 3 is 2.29 bits per heavy atom. The van der Waals surface area contributed by atoms with Crippen LogP contribution in [0.25, 0.3) is 6.08 Å². The van der Waals surface area contributed by atoms with Crippen LogP contribution in [0.1, 0.15) is 24.5 Å². The zero-order valence-corrected chi connectivity index (χ0v) is 18.4. The molecule has 162 valence electrons. The smallest absolute Gasteiger partial charge is 0.333 e. The van der Waals surface area contributed by atoms with E-state index in [1.54, 1.807) is 49.4 Å². The molecule has 0 amide bonds. The average Bonchev–Trinajstić information content (AvgIpc) is 3.15. The second kappa shape index (κ2) is 8.89. The Balaban J connectivity index is 2.30. The summed E-state index contributed by atoms with van der Waals surface area (Å²) >= 11 is 0. The molecule has 0 spiro atoms. The predicted octanol–water partition coefficient (Wildman–Crippen LogP) is 3.66. The maximum atomic E-state index is 13.9. The monoisotopic (exact) mass is 440 g/mol. The molecule has 0 heterocycles. The zero-order valence-electron chi connectivity index (χ0n) is 17.6. The summed E-state index contributed by atoms with van der Waals surface area (Å²) in [5, 5.41) is 0. The molecule has 0 saturated carbocycles. The van der Waals surface area contributed by atoms with E-state index in [4.69, 9.17) is 9.47 Å². The number of rotatable bonds is 6. The molecule has 31 heavy (non-hydrogen) atoms. The molecule has 0 N–H and O–H groups in total. The van der Waals surface area contributed by atoms with Crippen LogP contribution in [0.2, 0.25) is 0 Å². The minimum Gasteiger partial charge on any atom is -0.466 e. The van der Waals surface area contributed by atoms with E-state index < -0.39 is 26.5 Å². The molecule has 0 radical (unpaired) electrons. The first-order valence-corrected chi connectivity index (χ1v) is 11.3. The van der Waals surface area contributed by atoms with Crippen LogP contribution in [0.3, 0.4) is 0 Å². The summed E-state index contributed by atoms with van der Waals surface area (Å²) in [5.74, 6) is -1.61. The fraction of sp³-hybridized carbons (Fsp3) is 0.250. The number of ether oxygens (including phenoxy) is 2. The molecule has 1 aliphatic rings. The van der Waals surface area contributed by atoms with Gasteiger partial charge >= 0.3 is 11.9 Å². The van der Waals surface area contributed by atoms with Crippen molar-refractivity contribution in [2.45, 2.75) is 29.9 Å². The molecule has 0 aliphatic heterocycles. The van der Waals surface area contributed by atoms with Crippen molar-refractivity contribution >= 4 is 27.9 Å². The standard InChI is InChI=1S/C24H24O6S/c1-4-30-23(26)24(31(27,28)21-12-10-17(2)11-13-21)16-19(22(25)29-3)15-20(24)14-18-8-6-5-7-9-18/h5-15H,4,16H2,1-3H3/b20-14-. The van der Waals surface area contributed by atoms with Gasteiger partial charge in [-0.05, 0) is 49.3 Å². The van der Waals surface area contributed by atoms with Gasteiger partial charge in [-0.25, -0.2) is 18.0 Å². The van der Waals surface area contributed by atoms with Crippen LogP contribution < -0.4 is 0 Å². The Labute approximate surface area is 182 Å². The van der Waals surface area contributed by atoms with E-state index in [0.29, 0.717) is 5.56 Å². The second-order valence-electron chi connectivity index (χ2n) is 7.21. The maximum absolute atomic E-state index is 13.9. The molecule has 0 aromatic heterocycles. The van der Waals surface area contributed by atoms with Gasteiger partial charge in [0.05, 0.1) is 18.6 Å². The van der Waals surface area contributed by atoms with Crippen molar-refractivity contribution in [2.24, 2.45) is 0 Å². The predicted molar refractivity (Wildman–Crippen MR) is 117 cm³/mol. The molecule has 2 aromatic carbocycles. The van der Waals surface area contributed by atoms with Gasteiger partial charge in [0.15, 0.2) is 9.84 Å². The van der Waals surface area contributed by atoms with Gasteiger partial charge in [-0.3, -0.25) is 0 Å². The lowest BCUT2D eigenvalue weighted by Crippen LogP contribution is -2.47. The van der Waals surface area contributed by atoms with Gasteiger partial charge in [0.2, 0.25) is 4.75 Å². The van der Waals surface area contributed by atoms with Crippen LogP contribution >= 0.6 is 0 Å². The molecule has 6 nitrogen and oxygen atoms in total. The highest BCUT2D eigenvalue weighted by atomic mass is 32.2. The quantitative estimate of drug-likeness (QED) is 0.637. The summed E-state index contributed by atoms with van der Waals surface area (Å²) in [7, 11) is -3.07. The highest BCUT2D eigenvalue weighted by molar-refractivity contribution is 7.94. The van der Waals surface area contributed by atoms with Gasteiger partial charge in [0.1, 0.15) is 0 Å². The first-order chi connectivity index (χ1) is 14.8. The van der Waals surface area contributed by atoms with E-state index in [-0.39, 0.29) is 29.1 Å². The molecular formula is C24H24O6S. The van der Waals surface area contributed by atoms with Gasteiger partial charge in [-0.1, -0.05) is 48.0 Å². The number of aryl methyl sites for hydroxylation is 1. The number of hydrogen-bond donors (Lipinski definition) is 0. The third-order valence-electron chi connectivity index (χ3n) is 5.20. The summed E-state index contributed by atoms with van der Waals surface area (Å²) in [5.41, 5.74) is 1.82. The summed E-state index contributed by atoms with van der Waals surface area (Å²) < 4.78 is 35.8. The molecular weight excluding hydrogens is 416 g/mol. The van der Waals surface area contributed by atoms with Crippen molar-refractivity contribution in [3.05, 3.63) is 82.9 Å². The van der Waals surface area contributed by atoms with E-state index in [9.17, 15) is 18.0 Å². The molecule has 1 atom stereocenters. The summed E-state index contributed by atoms with van der Waals surface area (Å²) in [6.45, 7) is 3.44. The second-order valence-corrected chi connectivity index (χ2v) is 9.39. The van der Waals surface area contributed by atoms with Crippen LogP contribution in [0.5, 0.6) is 0 Å². The summed E-state index contributed by atoms with van der Waals surface area (Å²) in [6, 6.07) is 15.2. The van der Waals surface area contributed by atoms with Crippen LogP contribution in [0.4, 0.5) is 0 Å². The Bertz CT molecular complexity index is 1140. The van der Waals surface area contributed by atoms with Crippen molar-refractivity contribution in [1.82, 2.24) is 0 Å². The lowest BCUT2D eigenvalue weighted by molar-refractivity contribution is -0.145.